The van der Waals surface area contributed by atoms with E-state index in [1.165, 1.54) is 22.3 Å². The maximum Gasteiger partial charge on any atom is 0.115 e. The van der Waals surface area contributed by atoms with Crippen LogP contribution in [0.5, 0.6) is 11.5 Å². The van der Waals surface area contributed by atoms with E-state index in [9.17, 15) is 10.2 Å². The van der Waals surface area contributed by atoms with E-state index in [4.69, 9.17) is 0 Å². The zero-order valence-electron chi connectivity index (χ0n) is 15.6. The van der Waals surface area contributed by atoms with Gasteiger partial charge in [-0.05, 0) is 70.1 Å². The third-order valence-corrected chi connectivity index (χ3v) is 5.87. The van der Waals surface area contributed by atoms with Gasteiger partial charge in [0.1, 0.15) is 11.5 Å². The number of benzene rings is 4. The number of phenolic OH excluding ortho intramolecular Hbond substituents is 2. The zero-order valence-corrected chi connectivity index (χ0v) is 15.6. The molecule has 0 fully saturated rings. The van der Waals surface area contributed by atoms with Gasteiger partial charge in [0.15, 0.2) is 0 Å². The summed E-state index contributed by atoms with van der Waals surface area (Å²) in [5, 5.41) is 19.9. The SMILES string of the molecule is Cc1cc(O)ccc1C1(c2ccc(O)cc2)c2ccccc2-c2ccccc21. The second-order valence-electron chi connectivity index (χ2n) is 7.39. The van der Waals surface area contributed by atoms with Crippen LogP contribution in [0.3, 0.4) is 0 Å². The van der Waals surface area contributed by atoms with Crippen molar-refractivity contribution in [2.24, 2.45) is 0 Å². The second-order valence-corrected chi connectivity index (χ2v) is 7.39. The van der Waals surface area contributed by atoms with Crippen LogP contribution in [0.4, 0.5) is 0 Å². The summed E-state index contributed by atoms with van der Waals surface area (Å²) in [5.74, 6) is 0.516. The highest BCUT2D eigenvalue weighted by Gasteiger charge is 2.46. The van der Waals surface area contributed by atoms with Crippen LogP contribution < -0.4 is 0 Å². The fraction of sp³-hybridized carbons (Fsp3) is 0.0769. The van der Waals surface area contributed by atoms with Gasteiger partial charge >= 0.3 is 0 Å². The highest BCUT2D eigenvalue weighted by molar-refractivity contribution is 5.86. The molecule has 0 spiro atoms. The molecule has 0 heterocycles. The summed E-state index contributed by atoms with van der Waals surface area (Å²) in [6.07, 6.45) is 0. The molecule has 1 aliphatic rings. The first-order valence-electron chi connectivity index (χ1n) is 9.41. The maximum atomic E-state index is 10.0. The lowest BCUT2D eigenvalue weighted by atomic mass is 9.66. The van der Waals surface area contributed by atoms with Crippen LogP contribution in [0.2, 0.25) is 0 Å². The van der Waals surface area contributed by atoms with Crippen LogP contribution in [0.1, 0.15) is 27.8 Å². The third kappa shape index (κ3) is 2.15. The summed E-state index contributed by atoms with van der Waals surface area (Å²) in [7, 11) is 0. The maximum absolute atomic E-state index is 10.0. The molecule has 0 atom stereocenters. The topological polar surface area (TPSA) is 40.5 Å². The smallest absolute Gasteiger partial charge is 0.115 e. The minimum absolute atomic E-state index is 0.251. The monoisotopic (exact) mass is 364 g/mol. The molecule has 0 saturated carbocycles. The van der Waals surface area contributed by atoms with Crippen molar-refractivity contribution in [3.8, 4) is 22.6 Å². The van der Waals surface area contributed by atoms with Gasteiger partial charge in [-0.2, -0.15) is 0 Å². The Labute approximate surface area is 164 Å². The van der Waals surface area contributed by atoms with Crippen molar-refractivity contribution in [2.75, 3.05) is 0 Å². The Balaban J connectivity index is 1.97. The number of rotatable bonds is 2. The fourth-order valence-electron chi connectivity index (χ4n) is 4.77. The standard InChI is InChI=1S/C26H20O2/c1-17-16-20(28)14-15-23(17)26(18-10-12-19(27)13-11-18)24-8-4-2-6-21(24)22-7-3-5-9-25(22)26/h2-16,27-28H,1H3. The van der Waals surface area contributed by atoms with Gasteiger partial charge < -0.3 is 10.2 Å². The Kier molecular flexibility index (Phi) is 3.56. The highest BCUT2D eigenvalue weighted by Crippen LogP contribution is 2.56. The van der Waals surface area contributed by atoms with Gasteiger partial charge in [0.25, 0.3) is 0 Å². The summed E-state index contributed by atoms with van der Waals surface area (Å²) < 4.78 is 0. The molecule has 2 heteroatoms. The van der Waals surface area contributed by atoms with Gasteiger partial charge in [-0.1, -0.05) is 66.7 Å². The quantitative estimate of drug-likeness (QED) is 0.417. The molecular weight excluding hydrogens is 344 g/mol. The molecule has 136 valence electrons. The molecule has 4 aromatic rings. The van der Waals surface area contributed by atoms with E-state index < -0.39 is 5.41 Å². The Bertz CT molecular complexity index is 1140. The molecule has 0 saturated heterocycles. The molecule has 0 aromatic heterocycles. The Morgan fingerprint density at radius 1 is 0.571 bits per heavy atom. The first kappa shape index (κ1) is 16.6. The molecule has 0 unspecified atom stereocenters. The molecule has 5 rings (SSSR count). The van der Waals surface area contributed by atoms with Crippen molar-refractivity contribution in [3.63, 3.8) is 0 Å². The van der Waals surface area contributed by atoms with E-state index in [0.29, 0.717) is 0 Å². The van der Waals surface area contributed by atoms with Crippen LogP contribution in [-0.4, -0.2) is 10.2 Å². The first-order chi connectivity index (χ1) is 13.6. The molecule has 4 aromatic carbocycles. The molecule has 28 heavy (non-hydrogen) atoms. The normalized spacial score (nSPS) is 13.8. The van der Waals surface area contributed by atoms with E-state index in [2.05, 4.69) is 48.5 Å². The van der Waals surface area contributed by atoms with Crippen molar-refractivity contribution in [1.82, 2.24) is 0 Å². The number of phenols is 2. The molecule has 2 nitrogen and oxygen atoms in total. The van der Waals surface area contributed by atoms with Crippen molar-refractivity contribution >= 4 is 0 Å². The molecule has 0 bridgehead atoms. The summed E-state index contributed by atoms with van der Waals surface area (Å²) in [5.41, 5.74) is 7.63. The average Bonchev–Trinajstić information content (AvgIpc) is 3.00. The Morgan fingerprint density at radius 2 is 1.11 bits per heavy atom. The minimum atomic E-state index is -0.501. The zero-order chi connectivity index (χ0) is 19.3. The summed E-state index contributed by atoms with van der Waals surface area (Å²) in [4.78, 5) is 0. The van der Waals surface area contributed by atoms with Gasteiger partial charge in [-0.15, -0.1) is 0 Å². The van der Waals surface area contributed by atoms with Gasteiger partial charge in [0.05, 0.1) is 5.41 Å². The number of aromatic hydroxyl groups is 2. The van der Waals surface area contributed by atoms with Gasteiger partial charge in [0.2, 0.25) is 0 Å². The molecule has 1 aliphatic carbocycles. The van der Waals surface area contributed by atoms with Crippen molar-refractivity contribution in [2.45, 2.75) is 12.3 Å². The lowest BCUT2D eigenvalue weighted by Gasteiger charge is -2.35. The minimum Gasteiger partial charge on any atom is -0.508 e. The molecular formula is C26H20O2. The van der Waals surface area contributed by atoms with E-state index in [1.807, 2.05) is 31.2 Å². The van der Waals surface area contributed by atoms with Crippen molar-refractivity contribution in [1.29, 1.82) is 0 Å². The molecule has 0 radical (unpaired) electrons. The summed E-state index contributed by atoms with van der Waals surface area (Å²) in [6, 6.07) is 30.1. The van der Waals surface area contributed by atoms with E-state index in [-0.39, 0.29) is 11.5 Å². The second kappa shape index (κ2) is 6.00. The molecule has 0 aliphatic heterocycles. The fourth-order valence-corrected chi connectivity index (χ4v) is 4.77. The summed E-state index contributed by atoms with van der Waals surface area (Å²) in [6.45, 7) is 2.04. The predicted octanol–water partition coefficient (Wildman–Crippen LogP) is 5.77. The van der Waals surface area contributed by atoms with E-state index >= 15 is 0 Å². The van der Waals surface area contributed by atoms with Gasteiger partial charge in [0, 0.05) is 0 Å². The number of hydrogen-bond acceptors (Lipinski definition) is 2. The largest absolute Gasteiger partial charge is 0.508 e. The van der Waals surface area contributed by atoms with E-state index in [0.717, 1.165) is 16.7 Å². The van der Waals surface area contributed by atoms with Crippen LogP contribution >= 0.6 is 0 Å². The number of aryl methyl sites for hydroxylation is 1. The predicted molar refractivity (Wildman–Crippen MR) is 112 cm³/mol. The van der Waals surface area contributed by atoms with Crippen LogP contribution in [0.15, 0.2) is 91.0 Å². The third-order valence-electron chi connectivity index (χ3n) is 5.87. The van der Waals surface area contributed by atoms with E-state index in [1.54, 1.807) is 18.2 Å². The van der Waals surface area contributed by atoms with Crippen molar-refractivity contribution in [3.05, 3.63) is 119 Å². The lowest BCUT2D eigenvalue weighted by molar-refractivity contribution is 0.474. The Hall–Kier alpha value is -3.52. The van der Waals surface area contributed by atoms with Gasteiger partial charge in [-0.3, -0.25) is 0 Å². The van der Waals surface area contributed by atoms with Gasteiger partial charge in [-0.25, -0.2) is 0 Å². The van der Waals surface area contributed by atoms with Crippen LogP contribution in [-0.2, 0) is 5.41 Å². The first-order valence-corrected chi connectivity index (χ1v) is 9.41. The molecule has 0 amide bonds. The van der Waals surface area contributed by atoms with Crippen LogP contribution in [0.25, 0.3) is 11.1 Å². The van der Waals surface area contributed by atoms with Crippen LogP contribution in [0, 0.1) is 6.92 Å². The summed E-state index contributed by atoms with van der Waals surface area (Å²) >= 11 is 0. The lowest BCUT2D eigenvalue weighted by Crippen LogP contribution is -2.29. The molecule has 2 N–H and O–H groups in total. The Morgan fingerprint density at radius 3 is 1.68 bits per heavy atom. The number of hydrogen-bond donors (Lipinski definition) is 2. The van der Waals surface area contributed by atoms with Crippen molar-refractivity contribution < 1.29 is 10.2 Å². The number of fused-ring (bicyclic) bond motifs is 3. The average molecular weight is 364 g/mol. The highest BCUT2D eigenvalue weighted by atomic mass is 16.3.